The summed E-state index contributed by atoms with van der Waals surface area (Å²) in [6, 6.07) is 10.3. The fourth-order valence-corrected chi connectivity index (χ4v) is 3.46. The zero-order chi connectivity index (χ0) is 12.2. The van der Waals surface area contributed by atoms with E-state index in [2.05, 4.69) is 30.0 Å². The second-order valence-electron chi connectivity index (χ2n) is 4.34. The van der Waals surface area contributed by atoms with Gasteiger partial charge < -0.3 is 4.74 Å². The van der Waals surface area contributed by atoms with Crippen LogP contribution in [-0.4, -0.2) is 21.2 Å². The van der Waals surface area contributed by atoms with Gasteiger partial charge in [0, 0.05) is 6.08 Å². The van der Waals surface area contributed by atoms with Crippen LogP contribution in [0.15, 0.2) is 41.6 Å². The number of esters is 1. The third-order valence-electron chi connectivity index (χ3n) is 3.02. The summed E-state index contributed by atoms with van der Waals surface area (Å²) in [5, 5.41) is 2.46. The molecule has 0 fully saturated rings. The molecule has 2 nitrogen and oxygen atoms in total. The summed E-state index contributed by atoms with van der Waals surface area (Å²) in [4.78, 5) is 11.2. The molecule has 16 heavy (non-hydrogen) atoms. The maximum absolute atomic E-state index is 11.2. The van der Waals surface area contributed by atoms with E-state index >= 15 is 0 Å². The number of methoxy groups -OCH3 is 1. The first kappa shape index (κ1) is 12.7. The maximum Gasteiger partial charge on any atom is 0.330 e. The van der Waals surface area contributed by atoms with Crippen LogP contribution in [0.2, 0.25) is 13.1 Å². The average Bonchev–Trinajstić information content (AvgIpc) is 2.29. The zero-order valence-electron chi connectivity index (χ0n) is 10.3. The standard InChI is InChI=1S/C13H18O2Si/c1-11(10-13(14)15-2)16(3,4)12-8-6-5-7-9-12/h5-10H,1-4H3/b11-10+. The van der Waals surface area contributed by atoms with E-state index < -0.39 is 8.07 Å². The van der Waals surface area contributed by atoms with Crippen molar-refractivity contribution in [1.82, 2.24) is 0 Å². The van der Waals surface area contributed by atoms with Gasteiger partial charge in [0.2, 0.25) is 0 Å². The Hall–Kier alpha value is -1.35. The Morgan fingerprint density at radius 2 is 1.81 bits per heavy atom. The highest BCUT2D eigenvalue weighted by molar-refractivity contribution is 6.95. The molecule has 0 aliphatic rings. The van der Waals surface area contributed by atoms with Crippen molar-refractivity contribution in [1.29, 1.82) is 0 Å². The van der Waals surface area contributed by atoms with E-state index in [0.29, 0.717) is 0 Å². The molecule has 0 heterocycles. The van der Waals surface area contributed by atoms with Crippen molar-refractivity contribution in [2.45, 2.75) is 20.0 Å². The van der Waals surface area contributed by atoms with Gasteiger partial charge in [-0.2, -0.15) is 0 Å². The highest BCUT2D eigenvalue weighted by atomic mass is 28.3. The van der Waals surface area contributed by atoms with Gasteiger partial charge in [0.05, 0.1) is 7.11 Å². The topological polar surface area (TPSA) is 26.3 Å². The van der Waals surface area contributed by atoms with E-state index in [4.69, 9.17) is 0 Å². The van der Waals surface area contributed by atoms with E-state index in [-0.39, 0.29) is 5.97 Å². The van der Waals surface area contributed by atoms with Gasteiger partial charge in [-0.3, -0.25) is 0 Å². The van der Waals surface area contributed by atoms with E-state index in [0.717, 1.165) is 5.20 Å². The van der Waals surface area contributed by atoms with Crippen molar-refractivity contribution in [3.05, 3.63) is 41.6 Å². The molecule has 0 aliphatic carbocycles. The molecule has 3 heteroatoms. The smallest absolute Gasteiger partial charge is 0.330 e. The van der Waals surface area contributed by atoms with Crippen LogP contribution in [0, 0.1) is 0 Å². The Balaban J connectivity index is 3.03. The SMILES string of the molecule is COC(=O)/C=C(\C)[Si](C)(C)c1ccccc1. The molecule has 0 radical (unpaired) electrons. The number of hydrogen-bond donors (Lipinski definition) is 0. The molecule has 0 spiro atoms. The lowest BCUT2D eigenvalue weighted by molar-refractivity contribution is -0.134. The molecule has 0 unspecified atom stereocenters. The van der Waals surface area contributed by atoms with Gasteiger partial charge >= 0.3 is 5.97 Å². The number of hydrogen-bond acceptors (Lipinski definition) is 2. The van der Waals surface area contributed by atoms with Crippen molar-refractivity contribution in [3.8, 4) is 0 Å². The highest BCUT2D eigenvalue weighted by Crippen LogP contribution is 2.14. The predicted molar refractivity (Wildman–Crippen MR) is 69.3 cm³/mol. The van der Waals surface area contributed by atoms with Crippen LogP contribution in [0.25, 0.3) is 0 Å². The minimum absolute atomic E-state index is 0.269. The lowest BCUT2D eigenvalue weighted by atomic mass is 10.4. The van der Waals surface area contributed by atoms with Gasteiger partial charge in [0.25, 0.3) is 0 Å². The zero-order valence-corrected chi connectivity index (χ0v) is 11.3. The number of ether oxygens (including phenoxy) is 1. The first-order valence-electron chi connectivity index (χ1n) is 5.30. The van der Waals surface area contributed by atoms with Crippen LogP contribution in [0.3, 0.4) is 0 Å². The predicted octanol–water partition coefficient (Wildman–Crippen LogP) is 2.26. The van der Waals surface area contributed by atoms with Gasteiger partial charge in [-0.1, -0.05) is 53.8 Å². The minimum atomic E-state index is -1.70. The van der Waals surface area contributed by atoms with Crippen molar-refractivity contribution < 1.29 is 9.53 Å². The molecular weight excluding hydrogens is 216 g/mol. The van der Waals surface area contributed by atoms with E-state index in [1.807, 2.05) is 25.1 Å². The van der Waals surface area contributed by atoms with Gasteiger partial charge in [-0.25, -0.2) is 4.79 Å². The van der Waals surface area contributed by atoms with Crippen LogP contribution >= 0.6 is 0 Å². The molecule has 86 valence electrons. The maximum atomic E-state index is 11.2. The van der Waals surface area contributed by atoms with Gasteiger partial charge in [0.1, 0.15) is 8.07 Å². The molecule has 0 aromatic heterocycles. The van der Waals surface area contributed by atoms with Crippen LogP contribution in [0.5, 0.6) is 0 Å². The van der Waals surface area contributed by atoms with Crippen molar-refractivity contribution in [3.63, 3.8) is 0 Å². The fourth-order valence-electron chi connectivity index (χ4n) is 1.50. The lowest BCUT2D eigenvalue weighted by Gasteiger charge is -2.23. The summed E-state index contributed by atoms with van der Waals surface area (Å²) in [7, 11) is -0.296. The molecule has 1 rings (SSSR count). The number of rotatable bonds is 3. The quantitative estimate of drug-likeness (QED) is 0.455. The van der Waals surface area contributed by atoms with Gasteiger partial charge in [-0.05, 0) is 6.92 Å². The first-order valence-corrected chi connectivity index (χ1v) is 8.30. The van der Waals surface area contributed by atoms with E-state index in [1.165, 1.54) is 12.3 Å². The summed E-state index contributed by atoms with van der Waals surface area (Å²) in [5.74, 6) is -0.269. The van der Waals surface area contributed by atoms with Crippen LogP contribution in [0.1, 0.15) is 6.92 Å². The first-order chi connectivity index (χ1) is 7.48. The summed E-state index contributed by atoms with van der Waals surface area (Å²) in [6.07, 6.45) is 1.61. The second-order valence-corrected chi connectivity index (χ2v) is 8.96. The normalized spacial score (nSPS) is 12.4. The van der Waals surface area contributed by atoms with Gasteiger partial charge in [0.15, 0.2) is 0 Å². The fraction of sp³-hybridized carbons (Fsp3) is 0.308. The minimum Gasteiger partial charge on any atom is -0.466 e. The summed E-state index contributed by atoms with van der Waals surface area (Å²) in [5.41, 5.74) is 0. The average molecular weight is 234 g/mol. The Morgan fingerprint density at radius 3 is 2.31 bits per heavy atom. The largest absolute Gasteiger partial charge is 0.466 e. The monoisotopic (exact) mass is 234 g/mol. The Kier molecular flexibility index (Phi) is 4.07. The molecule has 0 saturated carbocycles. The molecule has 0 N–H and O–H groups in total. The summed E-state index contributed by atoms with van der Waals surface area (Å²) >= 11 is 0. The van der Waals surface area contributed by atoms with Crippen molar-refractivity contribution >= 4 is 19.2 Å². The molecule has 0 saturated heterocycles. The van der Waals surface area contributed by atoms with E-state index in [9.17, 15) is 4.79 Å². The van der Waals surface area contributed by atoms with Crippen LogP contribution < -0.4 is 5.19 Å². The Labute approximate surface area is 98.0 Å². The van der Waals surface area contributed by atoms with Crippen molar-refractivity contribution in [2.75, 3.05) is 7.11 Å². The Bertz CT molecular complexity index is 394. The van der Waals surface area contributed by atoms with E-state index in [1.54, 1.807) is 6.08 Å². The molecular formula is C13H18O2Si. The number of carbonyl (C=O) groups is 1. The van der Waals surface area contributed by atoms with Crippen molar-refractivity contribution in [2.24, 2.45) is 0 Å². The Morgan fingerprint density at radius 1 is 1.25 bits per heavy atom. The summed E-state index contributed by atoms with van der Waals surface area (Å²) < 4.78 is 4.66. The number of allylic oxidation sites excluding steroid dienone is 1. The third-order valence-corrected chi connectivity index (χ3v) is 6.91. The summed E-state index contributed by atoms with van der Waals surface area (Å²) in [6.45, 7) is 6.48. The lowest BCUT2D eigenvalue weighted by Crippen LogP contribution is -2.43. The molecule has 0 amide bonds. The molecule has 1 aromatic rings. The second kappa shape index (κ2) is 5.12. The van der Waals surface area contributed by atoms with Crippen LogP contribution in [0.4, 0.5) is 0 Å². The number of benzene rings is 1. The molecule has 0 aliphatic heterocycles. The van der Waals surface area contributed by atoms with Gasteiger partial charge in [-0.15, -0.1) is 0 Å². The number of carbonyl (C=O) groups excluding carboxylic acids is 1. The highest BCUT2D eigenvalue weighted by Gasteiger charge is 2.25. The van der Waals surface area contributed by atoms with Crippen LogP contribution in [-0.2, 0) is 9.53 Å². The molecule has 1 aromatic carbocycles. The molecule has 0 atom stereocenters. The third kappa shape index (κ3) is 2.82. The molecule has 0 bridgehead atoms.